The second-order valence-electron chi connectivity index (χ2n) is 10.4. The Balaban J connectivity index is 1.23. The first kappa shape index (κ1) is 22.2. The van der Waals surface area contributed by atoms with Crippen LogP contribution in [0.15, 0.2) is 132 Å². The molecule has 0 atom stereocenters. The number of pyridine rings is 3. The SMILES string of the molecule is c1cnc2c(c1)ccc1ccc(-c3ccc(-c4ccc5c(ccc6oc7ccccc7c65)n4)c4ccccc34)nc12. The van der Waals surface area contributed by atoms with Crippen molar-refractivity contribution in [3.05, 3.63) is 128 Å². The maximum atomic E-state index is 6.10. The molecule has 4 heterocycles. The number of nitrogens with zero attached hydrogens (tertiary/aromatic N) is 3. The van der Waals surface area contributed by atoms with Gasteiger partial charge in [0.15, 0.2) is 0 Å². The highest BCUT2D eigenvalue weighted by molar-refractivity contribution is 6.18. The van der Waals surface area contributed by atoms with E-state index in [-0.39, 0.29) is 0 Å². The van der Waals surface area contributed by atoms with E-state index in [9.17, 15) is 0 Å². The number of para-hydroxylation sites is 1. The zero-order chi connectivity index (χ0) is 26.9. The lowest BCUT2D eigenvalue weighted by Crippen LogP contribution is -1.92. The molecule has 0 aliphatic heterocycles. The van der Waals surface area contributed by atoms with Crippen LogP contribution in [0.1, 0.15) is 0 Å². The van der Waals surface area contributed by atoms with E-state index < -0.39 is 0 Å². The van der Waals surface area contributed by atoms with Crippen LogP contribution in [0.4, 0.5) is 0 Å². The van der Waals surface area contributed by atoms with Crippen LogP contribution in [0.5, 0.6) is 0 Å². The molecule has 0 aliphatic carbocycles. The van der Waals surface area contributed by atoms with Crippen molar-refractivity contribution in [2.24, 2.45) is 0 Å². The van der Waals surface area contributed by atoms with Crippen molar-refractivity contribution in [3.63, 3.8) is 0 Å². The Hall–Kier alpha value is -5.61. The van der Waals surface area contributed by atoms with Gasteiger partial charge in [0.05, 0.1) is 27.9 Å². The fraction of sp³-hybridized carbons (Fsp3) is 0. The largest absolute Gasteiger partial charge is 0.456 e. The molecule has 0 fully saturated rings. The summed E-state index contributed by atoms with van der Waals surface area (Å²) in [6.45, 7) is 0. The summed E-state index contributed by atoms with van der Waals surface area (Å²) in [6.07, 6.45) is 1.83. The van der Waals surface area contributed by atoms with Gasteiger partial charge >= 0.3 is 0 Å². The van der Waals surface area contributed by atoms with Crippen LogP contribution in [-0.4, -0.2) is 15.0 Å². The number of rotatable bonds is 2. The van der Waals surface area contributed by atoms with E-state index in [1.165, 1.54) is 0 Å². The summed E-state index contributed by atoms with van der Waals surface area (Å²) in [6, 6.07) is 41.9. The van der Waals surface area contributed by atoms with Crippen LogP contribution >= 0.6 is 0 Å². The molecule has 0 bridgehead atoms. The minimum atomic E-state index is 0.883. The molecule has 0 saturated heterocycles. The standard InChI is InChI=1S/C37H21N3O/c1-2-8-25-24(7-1)26(14-15-27(25)31-17-13-23-12-11-22-6-5-21-38-36(22)37(23)40-31)30-18-16-28-32(39-30)19-20-34-35(28)29-9-3-4-10-33(29)41-34/h1-21H. The fourth-order valence-corrected chi connectivity index (χ4v) is 6.20. The average molecular weight is 524 g/mol. The Bertz CT molecular complexity index is 2490. The smallest absolute Gasteiger partial charge is 0.136 e. The molecule has 9 rings (SSSR count). The van der Waals surface area contributed by atoms with Crippen LogP contribution in [0, 0.1) is 0 Å². The average Bonchev–Trinajstić information content (AvgIpc) is 3.43. The van der Waals surface area contributed by atoms with Gasteiger partial charge in [-0.15, -0.1) is 0 Å². The van der Waals surface area contributed by atoms with Crippen LogP contribution < -0.4 is 0 Å². The molecule has 0 aliphatic rings. The van der Waals surface area contributed by atoms with Gasteiger partial charge in [-0.2, -0.15) is 0 Å². The molecule has 4 nitrogen and oxygen atoms in total. The highest BCUT2D eigenvalue weighted by atomic mass is 16.3. The maximum Gasteiger partial charge on any atom is 0.136 e. The number of hydrogen-bond acceptors (Lipinski definition) is 4. The van der Waals surface area contributed by atoms with Crippen molar-refractivity contribution in [2.45, 2.75) is 0 Å². The van der Waals surface area contributed by atoms with Gasteiger partial charge in [0.1, 0.15) is 11.2 Å². The first-order chi connectivity index (χ1) is 20.3. The molecule has 0 radical (unpaired) electrons. The highest BCUT2D eigenvalue weighted by Gasteiger charge is 2.15. The summed E-state index contributed by atoms with van der Waals surface area (Å²) in [4.78, 5) is 14.9. The van der Waals surface area contributed by atoms with Crippen molar-refractivity contribution >= 4 is 65.4 Å². The minimum absolute atomic E-state index is 0.883. The van der Waals surface area contributed by atoms with Crippen molar-refractivity contribution in [3.8, 4) is 22.5 Å². The lowest BCUT2D eigenvalue weighted by atomic mass is 9.95. The predicted octanol–water partition coefficient (Wildman–Crippen LogP) is 9.72. The van der Waals surface area contributed by atoms with Crippen LogP contribution in [0.2, 0.25) is 0 Å². The van der Waals surface area contributed by atoms with Crippen molar-refractivity contribution in [1.82, 2.24) is 15.0 Å². The topological polar surface area (TPSA) is 51.8 Å². The van der Waals surface area contributed by atoms with Gasteiger partial charge in [-0.25, -0.2) is 9.97 Å². The zero-order valence-corrected chi connectivity index (χ0v) is 21.9. The summed E-state index contributed by atoms with van der Waals surface area (Å²) >= 11 is 0. The third-order valence-corrected chi connectivity index (χ3v) is 8.12. The molecule has 0 spiro atoms. The summed E-state index contributed by atoms with van der Waals surface area (Å²) in [7, 11) is 0. The minimum Gasteiger partial charge on any atom is -0.456 e. The summed E-state index contributed by atoms with van der Waals surface area (Å²) < 4.78 is 6.10. The second-order valence-corrected chi connectivity index (χ2v) is 10.4. The van der Waals surface area contributed by atoms with E-state index in [0.29, 0.717) is 0 Å². The van der Waals surface area contributed by atoms with E-state index in [1.54, 1.807) is 0 Å². The normalized spacial score (nSPS) is 11.9. The maximum absolute atomic E-state index is 6.10. The van der Waals surface area contributed by atoms with Crippen molar-refractivity contribution < 1.29 is 4.42 Å². The number of fused-ring (bicyclic) bond motifs is 9. The van der Waals surface area contributed by atoms with Gasteiger partial charge in [-0.3, -0.25) is 4.98 Å². The molecule has 0 saturated carbocycles. The van der Waals surface area contributed by atoms with Gasteiger partial charge in [-0.05, 0) is 53.2 Å². The van der Waals surface area contributed by atoms with E-state index >= 15 is 0 Å². The molecule has 0 unspecified atom stereocenters. The van der Waals surface area contributed by atoms with E-state index in [2.05, 4.69) is 102 Å². The number of furan rings is 1. The van der Waals surface area contributed by atoms with Crippen LogP contribution in [0.25, 0.3) is 87.9 Å². The van der Waals surface area contributed by atoms with Crippen LogP contribution in [0.3, 0.4) is 0 Å². The number of benzene rings is 5. The summed E-state index contributed by atoms with van der Waals surface area (Å²) in [5.74, 6) is 0. The van der Waals surface area contributed by atoms with Gasteiger partial charge in [0.2, 0.25) is 0 Å². The summed E-state index contributed by atoms with van der Waals surface area (Å²) in [5, 5.41) is 7.78. The van der Waals surface area contributed by atoms with Crippen molar-refractivity contribution in [2.75, 3.05) is 0 Å². The first-order valence-electron chi connectivity index (χ1n) is 13.7. The van der Waals surface area contributed by atoms with Gasteiger partial charge in [0, 0.05) is 44.3 Å². The molecule has 190 valence electrons. The van der Waals surface area contributed by atoms with Gasteiger partial charge in [0.25, 0.3) is 0 Å². The van der Waals surface area contributed by atoms with Gasteiger partial charge < -0.3 is 4.42 Å². The molecular formula is C37H21N3O. The van der Waals surface area contributed by atoms with E-state index in [0.717, 1.165) is 87.9 Å². The zero-order valence-electron chi connectivity index (χ0n) is 21.9. The van der Waals surface area contributed by atoms with Gasteiger partial charge in [-0.1, -0.05) is 78.9 Å². The van der Waals surface area contributed by atoms with E-state index in [4.69, 9.17) is 14.4 Å². The Morgan fingerprint density at radius 1 is 0.439 bits per heavy atom. The third-order valence-electron chi connectivity index (χ3n) is 8.12. The van der Waals surface area contributed by atoms with E-state index in [1.807, 2.05) is 30.5 Å². The molecule has 4 aromatic heterocycles. The molecular weight excluding hydrogens is 502 g/mol. The fourth-order valence-electron chi connectivity index (χ4n) is 6.20. The molecule has 4 heteroatoms. The molecule has 5 aromatic carbocycles. The lowest BCUT2D eigenvalue weighted by Gasteiger charge is -2.13. The Kier molecular flexibility index (Phi) is 4.58. The first-order valence-corrected chi connectivity index (χ1v) is 13.7. The Labute approximate surface area is 234 Å². The number of hydrogen-bond donors (Lipinski definition) is 0. The summed E-state index contributed by atoms with van der Waals surface area (Å²) in [5.41, 5.74) is 8.62. The van der Waals surface area contributed by atoms with Crippen molar-refractivity contribution in [1.29, 1.82) is 0 Å². The Morgan fingerprint density at radius 2 is 1.12 bits per heavy atom. The quantitative estimate of drug-likeness (QED) is 0.212. The van der Waals surface area contributed by atoms with Crippen LogP contribution in [-0.2, 0) is 0 Å². The lowest BCUT2D eigenvalue weighted by molar-refractivity contribution is 0.669. The monoisotopic (exact) mass is 523 g/mol. The molecule has 41 heavy (non-hydrogen) atoms. The second kappa shape index (κ2) is 8.44. The predicted molar refractivity (Wildman–Crippen MR) is 168 cm³/mol. The molecule has 9 aromatic rings. The third kappa shape index (κ3) is 3.31. The Morgan fingerprint density at radius 3 is 1.95 bits per heavy atom. The number of aromatic nitrogens is 3. The molecule has 0 amide bonds. The highest BCUT2D eigenvalue weighted by Crippen LogP contribution is 2.38. The molecule has 0 N–H and O–H groups in total.